The van der Waals surface area contributed by atoms with E-state index < -0.39 is 17.3 Å². The minimum Gasteiger partial charge on any atom is -0.204 e. The molecule has 0 aliphatic carbocycles. The first kappa shape index (κ1) is 15.7. The monoisotopic (exact) mass is 284 g/mol. The van der Waals surface area contributed by atoms with E-state index in [-0.39, 0.29) is 10.1 Å². The molecule has 0 aliphatic heterocycles. The number of aryl methyl sites for hydroxylation is 1. The Hall–Kier alpha value is -0.375. The minimum absolute atomic E-state index is 0.258. The zero-order valence-electron chi connectivity index (χ0n) is 11.6. The van der Waals surface area contributed by atoms with Gasteiger partial charge in [-0.25, -0.2) is 8.42 Å². The van der Waals surface area contributed by atoms with Gasteiger partial charge in [0.2, 0.25) is 0 Å². The summed E-state index contributed by atoms with van der Waals surface area (Å²) in [5.74, 6) is 0. The Morgan fingerprint density at radius 2 is 1.61 bits per heavy atom. The van der Waals surface area contributed by atoms with Crippen molar-refractivity contribution in [1.29, 1.82) is 0 Å². The Balaban J connectivity index is 3.07. The third-order valence-electron chi connectivity index (χ3n) is 3.03. The smallest absolute Gasteiger partial charge is 0.204 e. The molecule has 0 aromatic heterocycles. The lowest BCUT2D eigenvalue weighted by atomic mass is 10.2. The molecule has 1 N–H and O–H groups in total. The molecule has 18 heavy (non-hydrogen) atoms. The fourth-order valence-corrected chi connectivity index (χ4v) is 5.17. The van der Waals surface area contributed by atoms with E-state index in [1.54, 1.807) is 30.9 Å². The van der Waals surface area contributed by atoms with Gasteiger partial charge in [0, 0.05) is 7.29 Å². The Morgan fingerprint density at radius 1 is 1.17 bits per heavy atom. The van der Waals surface area contributed by atoms with Gasteiger partial charge in [0.25, 0.3) is 10.0 Å². The van der Waals surface area contributed by atoms with E-state index in [4.69, 9.17) is 7.57 Å². The highest BCUT2D eigenvalue weighted by Crippen LogP contribution is 2.58. The predicted octanol–water partition coefficient (Wildman–Crippen LogP) is 2.72. The summed E-state index contributed by atoms with van der Waals surface area (Å²) in [6.07, 6.45) is 0. The number of hydrogen-bond donors (Lipinski definition) is 1. The molecule has 1 atom stereocenters. The van der Waals surface area contributed by atoms with Crippen LogP contribution >= 0.6 is 7.29 Å². The zero-order chi connectivity index (χ0) is 14.2. The van der Waals surface area contributed by atoms with Crippen LogP contribution in [0.4, 0.5) is 0 Å². The Bertz CT molecular complexity index is 518. The largest absolute Gasteiger partial charge is 0.387 e. The Kier molecular flexibility index (Phi) is 4.32. The predicted molar refractivity (Wildman–Crippen MR) is 79.9 cm³/mol. The minimum atomic E-state index is -3.54. The van der Waals surface area contributed by atoms with Gasteiger partial charge in [-0.15, -0.1) is 4.49 Å². The first-order valence-electron chi connectivity index (χ1n) is 5.72. The first-order chi connectivity index (χ1) is 7.96. The molecule has 0 bridgehead atoms. The van der Waals surface area contributed by atoms with Crippen molar-refractivity contribution in [2.75, 3.05) is 6.66 Å². The van der Waals surface area contributed by atoms with Crippen LogP contribution in [-0.2, 0) is 10.0 Å². The van der Waals surface area contributed by atoms with E-state index in [0.717, 1.165) is 5.56 Å². The summed E-state index contributed by atoms with van der Waals surface area (Å²) in [5.41, 5.74) is 1.02. The van der Waals surface area contributed by atoms with E-state index in [1.807, 2.05) is 27.7 Å². The van der Waals surface area contributed by atoms with Gasteiger partial charge >= 0.3 is 7.57 Å². The van der Waals surface area contributed by atoms with E-state index in [2.05, 4.69) is 4.49 Å². The van der Waals surface area contributed by atoms with E-state index in [1.165, 1.54) is 0 Å². The molecule has 0 spiro atoms. The number of rotatable bonds is 3. The van der Waals surface area contributed by atoms with Crippen molar-refractivity contribution in [3.63, 3.8) is 0 Å². The fraction of sp³-hybridized carbons (Fsp3) is 0.500. The molecular formula is C12H20BNO2PS+. The molecule has 0 heterocycles. The van der Waals surface area contributed by atoms with Gasteiger partial charge in [0.15, 0.2) is 0 Å². The maximum Gasteiger partial charge on any atom is 0.387 e. The van der Waals surface area contributed by atoms with Crippen molar-refractivity contribution >= 4 is 24.9 Å². The molecule has 0 fully saturated rings. The molecule has 3 nitrogen and oxygen atoms in total. The summed E-state index contributed by atoms with van der Waals surface area (Å²) >= 11 is 0. The molecule has 6 heteroatoms. The summed E-state index contributed by atoms with van der Waals surface area (Å²) < 4.78 is 27.2. The topological polar surface area (TPSA) is 46.2 Å². The molecular weight excluding hydrogens is 264 g/mol. The highest BCUT2D eigenvalue weighted by atomic mass is 32.2. The van der Waals surface area contributed by atoms with E-state index in [9.17, 15) is 8.42 Å². The second-order valence-corrected chi connectivity index (χ2v) is 11.4. The van der Waals surface area contributed by atoms with E-state index >= 15 is 0 Å². The molecule has 1 aromatic rings. The summed E-state index contributed by atoms with van der Waals surface area (Å²) in [5, 5.41) is -0.273. The standard InChI is InChI=1S/C12H20BNO2PS/c1-10-6-8-11(9-7-10)18(15,16)14-17(5,13)12(2,3)4/h6-9,14H,1-5H3/q+1. The van der Waals surface area contributed by atoms with Crippen LogP contribution in [0.25, 0.3) is 0 Å². The molecule has 0 saturated heterocycles. The summed E-state index contributed by atoms with van der Waals surface area (Å²) in [7, 11) is 0.361. The molecule has 2 radical (unpaired) electrons. The van der Waals surface area contributed by atoms with E-state index in [0.29, 0.717) is 0 Å². The van der Waals surface area contributed by atoms with Crippen LogP contribution in [0.5, 0.6) is 0 Å². The lowest BCUT2D eigenvalue weighted by Crippen LogP contribution is -2.34. The summed E-state index contributed by atoms with van der Waals surface area (Å²) in [6, 6.07) is 6.75. The van der Waals surface area contributed by atoms with Crippen molar-refractivity contribution < 1.29 is 8.42 Å². The second kappa shape index (κ2) is 4.95. The Morgan fingerprint density at radius 3 is 2.00 bits per heavy atom. The Labute approximate surface area is 112 Å². The molecule has 0 amide bonds. The van der Waals surface area contributed by atoms with Crippen molar-refractivity contribution in [3.8, 4) is 0 Å². The van der Waals surface area contributed by atoms with Crippen LogP contribution in [0.15, 0.2) is 29.2 Å². The SMILES string of the molecule is [B][P+](C)(NS(=O)(=O)c1ccc(C)cc1)C(C)(C)C. The molecule has 1 rings (SSSR count). The van der Waals surface area contributed by atoms with Gasteiger partial charge in [-0.05, 0) is 39.8 Å². The number of nitrogens with one attached hydrogen (secondary N) is 1. The fourth-order valence-electron chi connectivity index (χ4n) is 1.16. The number of hydrogen-bond acceptors (Lipinski definition) is 2. The molecule has 98 valence electrons. The van der Waals surface area contributed by atoms with Crippen LogP contribution < -0.4 is 4.49 Å². The average molecular weight is 284 g/mol. The second-order valence-electron chi connectivity index (χ2n) is 5.65. The highest BCUT2D eigenvalue weighted by Gasteiger charge is 2.44. The number of sulfonamides is 1. The van der Waals surface area contributed by atoms with Crippen LogP contribution in [0.2, 0.25) is 0 Å². The van der Waals surface area contributed by atoms with Gasteiger partial charge in [-0.3, -0.25) is 0 Å². The van der Waals surface area contributed by atoms with Crippen LogP contribution in [0.3, 0.4) is 0 Å². The molecule has 1 aromatic carbocycles. The summed E-state index contributed by atoms with van der Waals surface area (Å²) in [4.78, 5) is 0.258. The quantitative estimate of drug-likeness (QED) is 0.685. The summed E-state index contributed by atoms with van der Waals surface area (Å²) in [6.45, 7) is 9.53. The van der Waals surface area contributed by atoms with Gasteiger partial charge in [-0.1, -0.05) is 17.7 Å². The zero-order valence-corrected chi connectivity index (χ0v) is 13.3. The van der Waals surface area contributed by atoms with Crippen molar-refractivity contribution in [2.24, 2.45) is 0 Å². The maximum absolute atomic E-state index is 12.2. The van der Waals surface area contributed by atoms with Gasteiger partial charge in [-0.2, -0.15) is 0 Å². The van der Waals surface area contributed by atoms with Crippen LogP contribution in [0, 0.1) is 6.92 Å². The molecule has 0 aliphatic rings. The van der Waals surface area contributed by atoms with Crippen LogP contribution in [0.1, 0.15) is 26.3 Å². The van der Waals surface area contributed by atoms with Gasteiger partial charge in [0.05, 0.1) is 16.7 Å². The van der Waals surface area contributed by atoms with Gasteiger partial charge in [0.1, 0.15) is 0 Å². The third-order valence-corrected chi connectivity index (χ3v) is 9.19. The maximum atomic E-state index is 12.2. The average Bonchev–Trinajstić information content (AvgIpc) is 2.14. The highest BCUT2D eigenvalue weighted by molar-refractivity contribution is 8.07. The van der Waals surface area contributed by atoms with Crippen molar-refractivity contribution in [2.45, 2.75) is 37.7 Å². The van der Waals surface area contributed by atoms with Gasteiger partial charge < -0.3 is 0 Å². The number of benzene rings is 1. The lowest BCUT2D eigenvalue weighted by Gasteiger charge is -2.31. The molecule has 1 unspecified atom stereocenters. The van der Waals surface area contributed by atoms with Crippen LogP contribution in [-0.4, -0.2) is 27.8 Å². The molecule has 0 saturated carbocycles. The third kappa shape index (κ3) is 3.56. The lowest BCUT2D eigenvalue weighted by molar-refractivity contribution is 0.593. The van der Waals surface area contributed by atoms with Crippen molar-refractivity contribution in [3.05, 3.63) is 29.8 Å². The first-order valence-corrected chi connectivity index (χ1v) is 9.50. The normalized spacial score (nSPS) is 16.3. The van der Waals surface area contributed by atoms with Crippen molar-refractivity contribution in [1.82, 2.24) is 4.49 Å².